The van der Waals surface area contributed by atoms with Crippen LogP contribution in [0.15, 0.2) is 41.5 Å². The molecule has 0 fully saturated rings. The SMILES string of the molecule is CCNC(=NCCCNC(=O)OC(C)(C)C)NCCc1cccc2cccnc12.I. The minimum absolute atomic E-state index is 0. The van der Waals surface area contributed by atoms with Gasteiger partial charge >= 0.3 is 6.09 Å². The first-order chi connectivity index (χ1) is 13.9. The Balaban J connectivity index is 0.00000450. The van der Waals surface area contributed by atoms with Crippen LogP contribution in [-0.4, -0.2) is 48.8 Å². The van der Waals surface area contributed by atoms with E-state index in [0.29, 0.717) is 13.1 Å². The van der Waals surface area contributed by atoms with Crippen LogP contribution < -0.4 is 16.0 Å². The van der Waals surface area contributed by atoms with E-state index in [2.05, 4.69) is 50.2 Å². The molecule has 7 nitrogen and oxygen atoms in total. The van der Waals surface area contributed by atoms with Crippen LogP contribution in [0.2, 0.25) is 0 Å². The summed E-state index contributed by atoms with van der Waals surface area (Å²) < 4.78 is 5.21. The number of amides is 1. The van der Waals surface area contributed by atoms with Crippen molar-refractivity contribution in [2.24, 2.45) is 4.99 Å². The number of guanidine groups is 1. The Bertz CT molecular complexity index is 815. The highest BCUT2D eigenvalue weighted by atomic mass is 127. The zero-order valence-corrected chi connectivity index (χ0v) is 20.7. The average molecular weight is 527 g/mol. The molecule has 0 atom stereocenters. The number of rotatable bonds is 8. The second-order valence-corrected chi connectivity index (χ2v) is 7.71. The molecule has 0 aliphatic heterocycles. The molecule has 0 bridgehead atoms. The van der Waals surface area contributed by atoms with Gasteiger partial charge in [-0.1, -0.05) is 24.3 Å². The summed E-state index contributed by atoms with van der Waals surface area (Å²) in [5, 5.41) is 10.5. The number of hydrogen-bond acceptors (Lipinski definition) is 4. The van der Waals surface area contributed by atoms with Crippen LogP contribution in [0.25, 0.3) is 10.9 Å². The highest BCUT2D eigenvalue weighted by Gasteiger charge is 2.15. The van der Waals surface area contributed by atoms with E-state index in [1.807, 2.05) is 40.0 Å². The summed E-state index contributed by atoms with van der Waals surface area (Å²) in [7, 11) is 0. The number of aliphatic imine (C=N–C) groups is 1. The van der Waals surface area contributed by atoms with Crippen molar-refractivity contribution >= 4 is 46.9 Å². The van der Waals surface area contributed by atoms with Gasteiger partial charge in [-0.15, -0.1) is 24.0 Å². The molecule has 8 heteroatoms. The third-order valence-corrected chi connectivity index (χ3v) is 4.02. The fourth-order valence-electron chi connectivity index (χ4n) is 2.80. The van der Waals surface area contributed by atoms with Crippen molar-refractivity contribution in [2.45, 2.75) is 46.1 Å². The lowest BCUT2D eigenvalue weighted by Crippen LogP contribution is -2.38. The van der Waals surface area contributed by atoms with Gasteiger partial charge in [0.25, 0.3) is 0 Å². The molecule has 0 saturated heterocycles. The van der Waals surface area contributed by atoms with Crippen molar-refractivity contribution in [3.63, 3.8) is 0 Å². The number of nitrogens with one attached hydrogen (secondary N) is 3. The lowest BCUT2D eigenvalue weighted by Gasteiger charge is -2.19. The van der Waals surface area contributed by atoms with Crippen LogP contribution in [0.1, 0.15) is 39.7 Å². The van der Waals surface area contributed by atoms with Crippen LogP contribution in [0.4, 0.5) is 4.79 Å². The molecule has 0 saturated carbocycles. The van der Waals surface area contributed by atoms with E-state index in [0.717, 1.165) is 42.8 Å². The summed E-state index contributed by atoms with van der Waals surface area (Å²) in [5.41, 5.74) is 1.78. The molecule has 166 valence electrons. The van der Waals surface area contributed by atoms with E-state index in [9.17, 15) is 4.79 Å². The number of pyridine rings is 1. The number of halogens is 1. The molecule has 0 radical (unpaired) electrons. The van der Waals surface area contributed by atoms with Gasteiger partial charge in [0.05, 0.1) is 5.52 Å². The number of nitrogens with zero attached hydrogens (tertiary/aromatic N) is 2. The van der Waals surface area contributed by atoms with Crippen LogP contribution >= 0.6 is 24.0 Å². The first-order valence-electron chi connectivity index (χ1n) is 10.2. The molecule has 1 aromatic carbocycles. The highest BCUT2D eigenvalue weighted by Crippen LogP contribution is 2.15. The largest absolute Gasteiger partial charge is 0.444 e. The number of ether oxygens (including phenoxy) is 1. The van der Waals surface area contributed by atoms with Crippen LogP contribution in [-0.2, 0) is 11.2 Å². The number of carbonyl (C=O) groups excluding carboxylic acids is 1. The summed E-state index contributed by atoms with van der Waals surface area (Å²) in [6.45, 7) is 10.3. The molecular formula is C22H34IN5O2. The summed E-state index contributed by atoms with van der Waals surface area (Å²) in [6, 6.07) is 10.3. The Kier molecular flexibility index (Phi) is 11.5. The molecule has 1 amide bonds. The smallest absolute Gasteiger partial charge is 0.407 e. The van der Waals surface area contributed by atoms with Crippen LogP contribution in [0.5, 0.6) is 0 Å². The summed E-state index contributed by atoms with van der Waals surface area (Å²) in [6.07, 6.45) is 3.04. The number of fused-ring (bicyclic) bond motifs is 1. The normalized spacial score (nSPS) is 11.5. The Morgan fingerprint density at radius 2 is 1.87 bits per heavy atom. The van der Waals surface area contributed by atoms with Gasteiger partial charge in [0.1, 0.15) is 5.60 Å². The van der Waals surface area contributed by atoms with Gasteiger partial charge in [0.2, 0.25) is 0 Å². The predicted molar refractivity (Wildman–Crippen MR) is 134 cm³/mol. The Hall–Kier alpha value is -2.10. The first-order valence-corrected chi connectivity index (χ1v) is 10.2. The Labute approximate surface area is 196 Å². The number of carbonyl (C=O) groups is 1. The molecular weight excluding hydrogens is 493 g/mol. The van der Waals surface area contributed by atoms with E-state index in [1.54, 1.807) is 0 Å². The molecule has 1 aromatic heterocycles. The van der Waals surface area contributed by atoms with E-state index in [4.69, 9.17) is 4.74 Å². The molecule has 0 aliphatic rings. The molecule has 0 spiro atoms. The van der Waals surface area contributed by atoms with Gasteiger partial charge in [-0.2, -0.15) is 0 Å². The van der Waals surface area contributed by atoms with Gasteiger partial charge < -0.3 is 20.7 Å². The van der Waals surface area contributed by atoms with Gasteiger partial charge in [-0.25, -0.2) is 4.79 Å². The first kappa shape index (κ1) is 25.9. The highest BCUT2D eigenvalue weighted by molar-refractivity contribution is 14.0. The fourth-order valence-corrected chi connectivity index (χ4v) is 2.80. The number of hydrogen-bond donors (Lipinski definition) is 3. The van der Waals surface area contributed by atoms with Crippen LogP contribution in [0.3, 0.4) is 0 Å². The van der Waals surface area contributed by atoms with Gasteiger partial charge in [-0.3, -0.25) is 9.98 Å². The van der Waals surface area contributed by atoms with E-state index < -0.39 is 11.7 Å². The standard InChI is InChI=1S/C22H33N5O2.HI/c1-5-23-20(25-14-8-15-27-21(28)29-22(2,3)4)26-16-12-18-10-6-9-17-11-7-13-24-19(17)18;/h6-7,9-11,13H,5,8,12,14-16H2,1-4H3,(H,27,28)(H2,23,25,26);1H. The minimum atomic E-state index is -0.482. The van der Waals surface area contributed by atoms with Crippen molar-refractivity contribution in [1.82, 2.24) is 20.9 Å². The third kappa shape index (κ3) is 9.60. The van der Waals surface area contributed by atoms with E-state index in [-0.39, 0.29) is 24.0 Å². The monoisotopic (exact) mass is 527 g/mol. The quantitative estimate of drug-likeness (QED) is 0.210. The van der Waals surface area contributed by atoms with Crippen molar-refractivity contribution in [3.05, 3.63) is 42.1 Å². The van der Waals surface area contributed by atoms with Crippen LogP contribution in [0, 0.1) is 0 Å². The second kappa shape index (κ2) is 13.3. The topological polar surface area (TPSA) is 87.6 Å². The minimum Gasteiger partial charge on any atom is -0.444 e. The maximum atomic E-state index is 11.6. The molecule has 30 heavy (non-hydrogen) atoms. The average Bonchev–Trinajstić information content (AvgIpc) is 2.66. The maximum Gasteiger partial charge on any atom is 0.407 e. The lowest BCUT2D eigenvalue weighted by molar-refractivity contribution is 0.0527. The molecule has 2 aromatic rings. The zero-order chi connectivity index (χ0) is 21.1. The lowest BCUT2D eigenvalue weighted by atomic mass is 10.1. The molecule has 2 rings (SSSR count). The number of alkyl carbamates (subject to hydrolysis) is 1. The number of para-hydroxylation sites is 1. The summed E-state index contributed by atoms with van der Waals surface area (Å²) in [5.74, 6) is 0.776. The molecule has 0 aliphatic carbocycles. The summed E-state index contributed by atoms with van der Waals surface area (Å²) >= 11 is 0. The molecule has 3 N–H and O–H groups in total. The zero-order valence-electron chi connectivity index (χ0n) is 18.3. The van der Waals surface area contributed by atoms with E-state index in [1.165, 1.54) is 5.56 Å². The molecule has 0 unspecified atom stereocenters. The Morgan fingerprint density at radius 3 is 2.60 bits per heavy atom. The maximum absolute atomic E-state index is 11.6. The van der Waals surface area contributed by atoms with Crippen molar-refractivity contribution < 1.29 is 9.53 Å². The van der Waals surface area contributed by atoms with Gasteiger partial charge in [-0.05, 0) is 52.2 Å². The van der Waals surface area contributed by atoms with Gasteiger partial charge in [0, 0.05) is 37.8 Å². The summed E-state index contributed by atoms with van der Waals surface area (Å²) in [4.78, 5) is 20.7. The third-order valence-electron chi connectivity index (χ3n) is 4.02. The van der Waals surface area contributed by atoms with Gasteiger partial charge in [0.15, 0.2) is 5.96 Å². The predicted octanol–water partition coefficient (Wildman–Crippen LogP) is 3.87. The number of aromatic nitrogens is 1. The Morgan fingerprint density at radius 1 is 1.10 bits per heavy atom. The number of benzene rings is 1. The second-order valence-electron chi connectivity index (χ2n) is 7.71. The fraction of sp³-hybridized carbons (Fsp3) is 0.500. The molecule has 1 heterocycles. The van der Waals surface area contributed by atoms with Crippen molar-refractivity contribution in [3.8, 4) is 0 Å². The van der Waals surface area contributed by atoms with E-state index >= 15 is 0 Å². The van der Waals surface area contributed by atoms with Crippen molar-refractivity contribution in [1.29, 1.82) is 0 Å². The van der Waals surface area contributed by atoms with Crippen molar-refractivity contribution in [2.75, 3.05) is 26.2 Å².